The fraction of sp³-hybridized carbons (Fsp3) is 0.556. The average Bonchev–Trinajstić information content (AvgIpc) is 3.20. The lowest BCUT2D eigenvalue weighted by Crippen LogP contribution is -2.24. The molecule has 3 N–H and O–H groups in total. The van der Waals surface area contributed by atoms with Crippen LogP contribution < -0.4 is 15.4 Å². The highest BCUT2D eigenvalue weighted by Crippen LogP contribution is 2.36. The van der Waals surface area contributed by atoms with Crippen molar-refractivity contribution in [3.8, 4) is 5.88 Å². The van der Waals surface area contributed by atoms with Crippen molar-refractivity contribution < 1.29 is 14.3 Å². The second-order valence-corrected chi connectivity index (χ2v) is 7.12. The largest absolute Gasteiger partial charge is 0.476 e. The molecule has 2 aromatic rings. The first-order valence-electron chi connectivity index (χ1n) is 9.35. The number of carbonyl (C=O) groups excluding carboxylic acids is 1. The molecule has 1 amide bonds. The molecule has 0 aliphatic heterocycles. The van der Waals surface area contributed by atoms with E-state index in [1.54, 1.807) is 19.4 Å². The van der Waals surface area contributed by atoms with Crippen molar-refractivity contribution in [2.75, 3.05) is 19.0 Å². The standard InChI is InChI=1S/C18H24N6O3/c1-19-18(25)27-13-5-4-12(6-13)14-7-15(24-23-14)21-16-8-20-9-17(22-16)26-10-11-2-3-11/h7-9,11-13H,2-6,10H2,1H3,(H,19,25)(H2,21,22,23,24)/t12-,13+/m0/s1. The fourth-order valence-corrected chi connectivity index (χ4v) is 3.25. The summed E-state index contributed by atoms with van der Waals surface area (Å²) in [6, 6.07) is 1.96. The average molecular weight is 372 g/mol. The van der Waals surface area contributed by atoms with Gasteiger partial charge in [-0.3, -0.25) is 10.1 Å². The smallest absolute Gasteiger partial charge is 0.407 e. The number of rotatable bonds is 7. The number of anilines is 2. The molecule has 2 fully saturated rings. The highest BCUT2D eigenvalue weighted by atomic mass is 16.6. The van der Waals surface area contributed by atoms with Gasteiger partial charge in [-0.25, -0.2) is 4.79 Å². The second-order valence-electron chi connectivity index (χ2n) is 7.12. The van der Waals surface area contributed by atoms with Gasteiger partial charge in [-0.05, 0) is 38.0 Å². The third-order valence-electron chi connectivity index (χ3n) is 4.93. The number of hydrogen-bond donors (Lipinski definition) is 3. The summed E-state index contributed by atoms with van der Waals surface area (Å²) in [5, 5.41) is 13.0. The molecule has 0 spiro atoms. The van der Waals surface area contributed by atoms with Gasteiger partial charge in [-0.2, -0.15) is 10.1 Å². The molecular formula is C18H24N6O3. The monoisotopic (exact) mass is 372 g/mol. The zero-order valence-corrected chi connectivity index (χ0v) is 15.3. The molecule has 0 bridgehead atoms. The Kier molecular flexibility index (Phi) is 5.08. The van der Waals surface area contributed by atoms with E-state index in [-0.39, 0.29) is 12.2 Å². The Labute approximate surface area is 157 Å². The van der Waals surface area contributed by atoms with Gasteiger partial charge in [0.15, 0.2) is 11.6 Å². The van der Waals surface area contributed by atoms with E-state index in [2.05, 4.69) is 30.8 Å². The van der Waals surface area contributed by atoms with Crippen molar-refractivity contribution in [1.29, 1.82) is 0 Å². The quantitative estimate of drug-likeness (QED) is 0.684. The van der Waals surface area contributed by atoms with Crippen molar-refractivity contribution in [1.82, 2.24) is 25.5 Å². The van der Waals surface area contributed by atoms with Crippen LogP contribution in [0, 0.1) is 5.92 Å². The number of alkyl carbamates (subject to hydrolysis) is 1. The number of aromatic amines is 1. The molecule has 2 atom stereocenters. The van der Waals surface area contributed by atoms with Crippen LogP contribution in [0.4, 0.5) is 16.4 Å². The second kappa shape index (κ2) is 7.81. The van der Waals surface area contributed by atoms with Crippen LogP contribution in [0.5, 0.6) is 5.88 Å². The van der Waals surface area contributed by atoms with Crippen molar-refractivity contribution in [3.05, 3.63) is 24.2 Å². The van der Waals surface area contributed by atoms with Crippen LogP contribution >= 0.6 is 0 Å². The minimum Gasteiger partial charge on any atom is -0.476 e. The molecule has 4 rings (SSSR count). The van der Waals surface area contributed by atoms with Crippen LogP contribution in [-0.2, 0) is 4.74 Å². The Hall–Kier alpha value is -2.84. The van der Waals surface area contributed by atoms with E-state index in [1.165, 1.54) is 12.8 Å². The topological polar surface area (TPSA) is 114 Å². The van der Waals surface area contributed by atoms with E-state index in [1.807, 2.05) is 6.07 Å². The van der Waals surface area contributed by atoms with Crippen LogP contribution in [0.3, 0.4) is 0 Å². The number of aromatic nitrogens is 4. The van der Waals surface area contributed by atoms with Crippen LogP contribution in [0.1, 0.15) is 43.7 Å². The molecule has 2 aliphatic rings. The van der Waals surface area contributed by atoms with E-state index in [0.717, 1.165) is 25.0 Å². The third kappa shape index (κ3) is 4.66. The summed E-state index contributed by atoms with van der Waals surface area (Å²) >= 11 is 0. The molecule has 0 radical (unpaired) electrons. The lowest BCUT2D eigenvalue weighted by atomic mass is 10.0. The first-order chi connectivity index (χ1) is 13.2. The lowest BCUT2D eigenvalue weighted by molar-refractivity contribution is 0.102. The van der Waals surface area contributed by atoms with Gasteiger partial charge in [0.05, 0.1) is 19.0 Å². The van der Waals surface area contributed by atoms with E-state index in [4.69, 9.17) is 9.47 Å². The van der Waals surface area contributed by atoms with E-state index in [0.29, 0.717) is 36.0 Å². The van der Waals surface area contributed by atoms with Gasteiger partial charge in [-0.15, -0.1) is 0 Å². The number of ether oxygens (including phenoxy) is 2. The van der Waals surface area contributed by atoms with Crippen molar-refractivity contribution in [3.63, 3.8) is 0 Å². The zero-order valence-electron chi connectivity index (χ0n) is 15.3. The van der Waals surface area contributed by atoms with E-state index in [9.17, 15) is 4.79 Å². The minimum atomic E-state index is -0.380. The molecule has 0 aromatic carbocycles. The first kappa shape index (κ1) is 17.6. The number of nitrogens with zero attached hydrogens (tertiary/aromatic N) is 3. The van der Waals surface area contributed by atoms with Gasteiger partial charge >= 0.3 is 6.09 Å². The van der Waals surface area contributed by atoms with Gasteiger partial charge in [0.2, 0.25) is 5.88 Å². The van der Waals surface area contributed by atoms with Gasteiger partial charge in [0.25, 0.3) is 0 Å². The zero-order chi connectivity index (χ0) is 18.6. The predicted octanol–water partition coefficient (Wildman–Crippen LogP) is 2.72. The number of carbonyl (C=O) groups is 1. The molecule has 9 heteroatoms. The summed E-state index contributed by atoms with van der Waals surface area (Å²) < 4.78 is 11.0. The normalized spacial score (nSPS) is 21.7. The predicted molar refractivity (Wildman–Crippen MR) is 98.0 cm³/mol. The van der Waals surface area contributed by atoms with Crippen molar-refractivity contribution >= 4 is 17.7 Å². The van der Waals surface area contributed by atoms with Gasteiger partial charge in [-0.1, -0.05) is 0 Å². The Morgan fingerprint density at radius 1 is 1.26 bits per heavy atom. The molecule has 27 heavy (non-hydrogen) atoms. The molecule has 2 aromatic heterocycles. The summed E-state index contributed by atoms with van der Waals surface area (Å²) in [6.07, 6.45) is 7.89. The molecule has 144 valence electrons. The Morgan fingerprint density at radius 2 is 2.15 bits per heavy atom. The van der Waals surface area contributed by atoms with Gasteiger partial charge in [0.1, 0.15) is 6.10 Å². The minimum absolute atomic E-state index is 0.0548. The number of nitrogens with one attached hydrogen (secondary N) is 3. The molecule has 2 aliphatic carbocycles. The lowest BCUT2D eigenvalue weighted by Gasteiger charge is -2.11. The maximum Gasteiger partial charge on any atom is 0.407 e. The highest BCUT2D eigenvalue weighted by molar-refractivity contribution is 5.66. The fourth-order valence-electron chi connectivity index (χ4n) is 3.25. The number of amides is 1. The van der Waals surface area contributed by atoms with Crippen LogP contribution in [0.25, 0.3) is 0 Å². The molecule has 0 saturated heterocycles. The molecule has 9 nitrogen and oxygen atoms in total. The third-order valence-corrected chi connectivity index (χ3v) is 4.93. The van der Waals surface area contributed by atoms with Gasteiger partial charge in [0, 0.05) is 24.7 Å². The summed E-state index contributed by atoms with van der Waals surface area (Å²) in [7, 11) is 1.57. The summed E-state index contributed by atoms with van der Waals surface area (Å²) in [5.41, 5.74) is 1.02. The Morgan fingerprint density at radius 3 is 2.96 bits per heavy atom. The number of H-pyrrole nitrogens is 1. The first-order valence-corrected chi connectivity index (χ1v) is 9.35. The van der Waals surface area contributed by atoms with Gasteiger partial charge < -0.3 is 20.1 Å². The molecule has 0 unspecified atom stereocenters. The van der Waals surface area contributed by atoms with Crippen LogP contribution in [0.2, 0.25) is 0 Å². The van der Waals surface area contributed by atoms with E-state index < -0.39 is 0 Å². The summed E-state index contributed by atoms with van der Waals surface area (Å²) in [6.45, 7) is 0.700. The Bertz CT molecular complexity index is 791. The SMILES string of the molecule is CNC(=O)O[C@@H]1CC[C@H](c2cc(Nc3cncc(OCC4CC4)n3)n[nH]2)C1. The van der Waals surface area contributed by atoms with Crippen LogP contribution in [-0.4, -0.2) is 46.0 Å². The van der Waals surface area contributed by atoms with E-state index >= 15 is 0 Å². The maximum absolute atomic E-state index is 11.3. The summed E-state index contributed by atoms with van der Waals surface area (Å²) in [5.74, 6) is 2.75. The van der Waals surface area contributed by atoms with Crippen LogP contribution in [0.15, 0.2) is 18.5 Å². The summed E-state index contributed by atoms with van der Waals surface area (Å²) in [4.78, 5) is 19.9. The maximum atomic E-state index is 11.3. The molecule has 2 heterocycles. The highest BCUT2D eigenvalue weighted by Gasteiger charge is 2.29. The number of hydrogen-bond acceptors (Lipinski definition) is 7. The van der Waals surface area contributed by atoms with Crippen molar-refractivity contribution in [2.24, 2.45) is 5.92 Å². The molecule has 2 saturated carbocycles. The molecular weight excluding hydrogens is 348 g/mol. The van der Waals surface area contributed by atoms with Crippen molar-refractivity contribution in [2.45, 2.75) is 44.1 Å². The Balaban J connectivity index is 1.33.